The van der Waals surface area contributed by atoms with Crippen LogP contribution < -0.4 is 0 Å². The zero-order valence-electron chi connectivity index (χ0n) is 23.4. The van der Waals surface area contributed by atoms with Crippen molar-refractivity contribution in [1.82, 2.24) is 4.31 Å². The summed E-state index contributed by atoms with van der Waals surface area (Å²) < 4.78 is 26.2. The van der Waals surface area contributed by atoms with Crippen LogP contribution in [0.25, 0.3) is 0 Å². The van der Waals surface area contributed by atoms with E-state index in [2.05, 4.69) is 15.9 Å². The lowest BCUT2D eigenvalue weighted by Gasteiger charge is -2.36. The Morgan fingerprint density at radius 3 is 2.39 bits per heavy atom. The lowest BCUT2D eigenvalue weighted by atomic mass is 9.72. The summed E-state index contributed by atoms with van der Waals surface area (Å²) in [5, 5.41) is 22.4. The normalized spacial score (nSPS) is 24.0. The maximum absolute atomic E-state index is 13.9. The predicted octanol–water partition coefficient (Wildman–Crippen LogP) is 5.66. The van der Waals surface area contributed by atoms with Gasteiger partial charge in [-0.25, -0.2) is 12.7 Å². The highest BCUT2D eigenvalue weighted by molar-refractivity contribution is 9.11. The van der Waals surface area contributed by atoms with Crippen molar-refractivity contribution in [3.63, 3.8) is 0 Å². The third-order valence-corrected chi connectivity index (χ3v) is 10.3. The Kier molecular flexibility index (Phi) is 11.8. The first-order valence-electron chi connectivity index (χ1n) is 13.4. The zero-order chi connectivity index (χ0) is 28.9. The predicted molar refractivity (Wildman–Crippen MR) is 157 cm³/mol. The summed E-state index contributed by atoms with van der Waals surface area (Å²) in [6, 6.07) is 3.85. The molecule has 1 aromatic rings. The Morgan fingerprint density at radius 1 is 1.24 bits per heavy atom. The van der Waals surface area contributed by atoms with Crippen LogP contribution in [0.15, 0.2) is 28.1 Å². The molecule has 0 bridgehead atoms. The molecule has 7 nitrogen and oxygen atoms in total. The maximum atomic E-state index is 13.9. The van der Waals surface area contributed by atoms with E-state index in [0.29, 0.717) is 25.7 Å². The Hall–Kier alpha value is -1.07. The van der Waals surface area contributed by atoms with E-state index >= 15 is 0 Å². The lowest BCUT2D eigenvalue weighted by Crippen LogP contribution is -2.47. The van der Waals surface area contributed by atoms with Crippen molar-refractivity contribution in [2.75, 3.05) is 12.8 Å². The van der Waals surface area contributed by atoms with Crippen LogP contribution in [0.5, 0.6) is 0 Å². The molecule has 1 aliphatic carbocycles. The molecule has 0 spiro atoms. The second-order valence-corrected chi connectivity index (χ2v) is 15.9. The highest BCUT2D eigenvalue weighted by Crippen LogP contribution is 2.47. The van der Waals surface area contributed by atoms with Gasteiger partial charge < -0.3 is 10.2 Å². The van der Waals surface area contributed by atoms with Crippen LogP contribution in [0.2, 0.25) is 0 Å². The third kappa shape index (κ3) is 8.22. The topological polar surface area (TPSA) is 112 Å². The van der Waals surface area contributed by atoms with Gasteiger partial charge >= 0.3 is 0 Å². The Balaban J connectivity index is 2.16. The molecule has 2 N–H and O–H groups in total. The summed E-state index contributed by atoms with van der Waals surface area (Å²) in [6.45, 7) is 9.06. The van der Waals surface area contributed by atoms with Crippen molar-refractivity contribution in [3.8, 4) is 0 Å². The average molecular weight is 635 g/mol. The summed E-state index contributed by atoms with van der Waals surface area (Å²) in [5.41, 5.74) is -2.41. The van der Waals surface area contributed by atoms with Crippen molar-refractivity contribution in [2.24, 2.45) is 17.3 Å². The molecule has 0 aromatic carbocycles. The van der Waals surface area contributed by atoms with Gasteiger partial charge in [0.15, 0.2) is 5.78 Å². The van der Waals surface area contributed by atoms with E-state index in [9.17, 15) is 28.2 Å². The van der Waals surface area contributed by atoms with Gasteiger partial charge in [-0.05, 0) is 59.7 Å². The van der Waals surface area contributed by atoms with Crippen molar-refractivity contribution in [2.45, 2.75) is 97.2 Å². The van der Waals surface area contributed by atoms with Crippen molar-refractivity contribution in [3.05, 3.63) is 32.9 Å². The molecule has 0 aliphatic heterocycles. The van der Waals surface area contributed by atoms with E-state index in [1.54, 1.807) is 26.8 Å². The molecule has 1 aromatic heterocycles. The van der Waals surface area contributed by atoms with E-state index in [4.69, 9.17) is 0 Å². The van der Waals surface area contributed by atoms with E-state index in [-0.39, 0.29) is 30.6 Å². The summed E-state index contributed by atoms with van der Waals surface area (Å²) in [7, 11) is -3.70. The van der Waals surface area contributed by atoms with Crippen LogP contribution in [0.3, 0.4) is 0 Å². The van der Waals surface area contributed by atoms with E-state index in [1.165, 1.54) is 11.3 Å². The molecule has 2 rings (SSSR count). The summed E-state index contributed by atoms with van der Waals surface area (Å²) >= 11 is 4.98. The second kappa shape index (κ2) is 13.5. The zero-order valence-corrected chi connectivity index (χ0v) is 26.7. The first-order chi connectivity index (χ1) is 17.6. The summed E-state index contributed by atoms with van der Waals surface area (Å²) in [5.74, 6) is -1.42. The number of carbonyl (C=O) groups excluding carboxylic acids is 2. The molecule has 5 atom stereocenters. The summed E-state index contributed by atoms with van der Waals surface area (Å²) in [4.78, 5) is 27.4. The fraction of sp³-hybridized carbons (Fsp3) is 0.714. The molecular weight excluding hydrogens is 590 g/mol. The largest absolute Gasteiger partial charge is 0.393 e. The number of Topliss-reactive ketones (excluding diaryl/α,β-unsaturated/α-hetero) is 1. The fourth-order valence-electron chi connectivity index (χ4n) is 5.49. The fourth-order valence-corrected chi connectivity index (χ4v) is 7.98. The van der Waals surface area contributed by atoms with Gasteiger partial charge in [-0.15, -0.1) is 11.3 Å². The van der Waals surface area contributed by atoms with Crippen molar-refractivity contribution in [1.29, 1.82) is 0 Å². The number of aliphatic hydroxyl groups excluding tert-OH is 1. The lowest BCUT2D eigenvalue weighted by molar-refractivity contribution is -0.146. The van der Waals surface area contributed by atoms with Gasteiger partial charge in [0.1, 0.15) is 5.60 Å². The molecule has 1 amide bonds. The van der Waals surface area contributed by atoms with E-state index < -0.39 is 39.0 Å². The van der Waals surface area contributed by atoms with Crippen LogP contribution >= 0.6 is 27.3 Å². The minimum Gasteiger partial charge on any atom is -0.393 e. The van der Waals surface area contributed by atoms with Crippen LogP contribution in [0.4, 0.5) is 0 Å². The number of halogens is 1. The van der Waals surface area contributed by atoms with Gasteiger partial charge in [0.25, 0.3) is 0 Å². The number of allylic oxidation sites excluding steroid dienone is 1. The number of nitrogens with zero attached hydrogens (tertiary/aromatic N) is 1. The first-order valence-corrected chi connectivity index (χ1v) is 16.9. The molecule has 3 unspecified atom stereocenters. The molecule has 1 saturated carbocycles. The molecular formula is C28H44BrNO6S2. The average Bonchev–Trinajstić information content (AvgIpc) is 3.37. The van der Waals surface area contributed by atoms with Crippen LogP contribution in [-0.2, 0) is 19.6 Å². The molecule has 216 valence electrons. The minimum absolute atomic E-state index is 0.00492. The van der Waals surface area contributed by atoms with Gasteiger partial charge in [-0.3, -0.25) is 9.59 Å². The molecule has 0 radical (unpaired) electrons. The SMILES string of the molecule is CCCC(C(=O)[C@]1(O)C[C@@H](O)CC1C(CC)CCC=CCN(C(=O)C(C)(C)C)S(C)(=O)=O)c1ccc(Br)s1. The minimum atomic E-state index is -3.70. The number of hydrogen-bond acceptors (Lipinski definition) is 7. The van der Waals surface area contributed by atoms with Gasteiger partial charge in [-0.1, -0.05) is 59.6 Å². The Labute approximate surface area is 240 Å². The highest BCUT2D eigenvalue weighted by atomic mass is 79.9. The van der Waals surface area contributed by atoms with Crippen LogP contribution in [0.1, 0.15) is 90.4 Å². The Morgan fingerprint density at radius 2 is 1.89 bits per heavy atom. The molecule has 1 aliphatic rings. The number of carbonyl (C=O) groups is 2. The Bertz CT molecular complexity index is 1090. The number of thiophene rings is 1. The standard InChI is InChI=1S/C28H44BrNO6S2/c1-7-12-21(23-14-15-24(29)37-23)25(32)28(34)18-20(31)17-22(28)19(8-2)13-10-9-11-16-30(38(6,35)36)26(33)27(3,4)5/h9,11,14-15,19-22,31,34H,7-8,10,12-13,16-18H2,1-6H3/t19?,20-,21?,22?,28-/m0/s1. The van der Waals surface area contributed by atoms with Gasteiger partial charge in [-0.2, -0.15) is 0 Å². The van der Waals surface area contributed by atoms with Gasteiger partial charge in [0.2, 0.25) is 15.9 Å². The number of amides is 1. The third-order valence-electron chi connectivity index (χ3n) is 7.45. The van der Waals surface area contributed by atoms with Crippen molar-refractivity contribution < 1.29 is 28.2 Å². The quantitative estimate of drug-likeness (QED) is 0.271. The van der Waals surface area contributed by atoms with Gasteiger partial charge in [0, 0.05) is 22.6 Å². The van der Waals surface area contributed by atoms with Gasteiger partial charge in [0.05, 0.1) is 28.6 Å². The maximum Gasteiger partial charge on any atom is 0.241 e. The van der Waals surface area contributed by atoms with E-state index in [0.717, 1.165) is 32.1 Å². The number of aliphatic hydroxyl groups is 2. The number of rotatable bonds is 13. The molecule has 1 heterocycles. The highest BCUT2D eigenvalue weighted by Gasteiger charge is 2.54. The summed E-state index contributed by atoms with van der Waals surface area (Å²) in [6.07, 6.45) is 7.72. The second-order valence-electron chi connectivity index (χ2n) is 11.5. The number of sulfonamides is 1. The monoisotopic (exact) mass is 633 g/mol. The van der Waals surface area contributed by atoms with E-state index in [1.807, 2.05) is 32.1 Å². The number of ketones is 1. The molecule has 0 saturated heterocycles. The molecule has 1 fully saturated rings. The molecule has 10 heteroatoms. The number of hydrogen-bond donors (Lipinski definition) is 2. The van der Waals surface area contributed by atoms with Crippen LogP contribution in [-0.4, -0.2) is 59.1 Å². The smallest absolute Gasteiger partial charge is 0.241 e. The molecule has 38 heavy (non-hydrogen) atoms. The van der Waals surface area contributed by atoms with Crippen LogP contribution in [0, 0.1) is 17.3 Å². The first kappa shape index (κ1) is 33.1. The van der Waals surface area contributed by atoms with Crippen molar-refractivity contribution >= 4 is 49.0 Å².